The Hall–Kier alpha value is -3.60. The summed E-state index contributed by atoms with van der Waals surface area (Å²) in [7, 11) is 1.58. The number of carbonyl (C=O) groups excluding carboxylic acids is 1. The first kappa shape index (κ1) is 20.7. The number of amides is 1. The molecule has 0 saturated heterocycles. The summed E-state index contributed by atoms with van der Waals surface area (Å²) in [5.41, 5.74) is 4.27. The van der Waals surface area contributed by atoms with Crippen LogP contribution in [0.1, 0.15) is 30.0 Å². The van der Waals surface area contributed by atoms with Crippen molar-refractivity contribution in [2.75, 3.05) is 18.6 Å². The summed E-state index contributed by atoms with van der Waals surface area (Å²) in [6, 6.07) is 19.6. The number of halogens is 1. The lowest BCUT2D eigenvalue weighted by atomic mass is 10.0. The van der Waals surface area contributed by atoms with E-state index in [1.165, 1.54) is 12.1 Å². The Kier molecular flexibility index (Phi) is 6.03. The van der Waals surface area contributed by atoms with E-state index in [9.17, 15) is 9.18 Å². The highest BCUT2D eigenvalue weighted by molar-refractivity contribution is 6.35. The van der Waals surface area contributed by atoms with Crippen molar-refractivity contribution in [3.63, 3.8) is 0 Å². The predicted octanol–water partition coefficient (Wildman–Crippen LogP) is 5.71. The van der Waals surface area contributed by atoms with E-state index in [-0.39, 0.29) is 11.7 Å². The molecular weight excluding hydrogens is 393 g/mol. The van der Waals surface area contributed by atoms with Crippen LogP contribution >= 0.6 is 0 Å². The van der Waals surface area contributed by atoms with E-state index in [1.54, 1.807) is 19.2 Å². The van der Waals surface area contributed by atoms with Gasteiger partial charge in [0.2, 0.25) is 0 Å². The van der Waals surface area contributed by atoms with Gasteiger partial charge in [-0.3, -0.25) is 4.79 Å². The van der Waals surface area contributed by atoms with Gasteiger partial charge in [0.1, 0.15) is 12.4 Å². The second-order valence-electron chi connectivity index (χ2n) is 7.36. The summed E-state index contributed by atoms with van der Waals surface area (Å²) in [5, 5.41) is 0. The predicted molar refractivity (Wildman–Crippen MR) is 121 cm³/mol. The number of hydrogen-bond donors (Lipinski definition) is 0. The zero-order valence-corrected chi connectivity index (χ0v) is 17.6. The van der Waals surface area contributed by atoms with Crippen LogP contribution in [0.4, 0.5) is 10.1 Å². The first-order valence-corrected chi connectivity index (χ1v) is 10.3. The Balaban J connectivity index is 1.59. The third kappa shape index (κ3) is 4.31. The largest absolute Gasteiger partial charge is 0.493 e. The third-order valence-electron chi connectivity index (χ3n) is 5.21. The van der Waals surface area contributed by atoms with Crippen LogP contribution in [0, 0.1) is 5.82 Å². The normalized spacial score (nSPS) is 14.1. The van der Waals surface area contributed by atoms with Gasteiger partial charge < -0.3 is 14.4 Å². The Morgan fingerprint density at radius 2 is 1.77 bits per heavy atom. The van der Waals surface area contributed by atoms with Crippen LogP contribution in [0.3, 0.4) is 0 Å². The van der Waals surface area contributed by atoms with E-state index in [0.29, 0.717) is 30.2 Å². The van der Waals surface area contributed by atoms with Crippen molar-refractivity contribution in [2.45, 2.75) is 20.0 Å². The van der Waals surface area contributed by atoms with Gasteiger partial charge in [-0.15, -0.1) is 0 Å². The van der Waals surface area contributed by atoms with Crippen molar-refractivity contribution in [3.05, 3.63) is 89.2 Å². The summed E-state index contributed by atoms with van der Waals surface area (Å²) in [6.07, 6.45) is 2.78. The summed E-state index contributed by atoms with van der Waals surface area (Å²) in [5.74, 6) is 0.887. The van der Waals surface area contributed by atoms with Crippen LogP contribution < -0.4 is 14.4 Å². The fraction of sp³-hybridized carbons (Fsp3) is 0.192. The van der Waals surface area contributed by atoms with Crippen molar-refractivity contribution in [1.29, 1.82) is 0 Å². The van der Waals surface area contributed by atoms with Crippen LogP contribution in [0.15, 0.2) is 66.7 Å². The molecule has 0 aromatic heterocycles. The molecule has 0 saturated carbocycles. The average molecular weight is 417 g/mol. The molecule has 4 rings (SSSR count). The van der Waals surface area contributed by atoms with E-state index >= 15 is 0 Å². The molecule has 1 aliphatic heterocycles. The minimum Gasteiger partial charge on any atom is -0.493 e. The molecule has 4 nitrogen and oxygen atoms in total. The fourth-order valence-electron chi connectivity index (χ4n) is 3.69. The van der Waals surface area contributed by atoms with Crippen molar-refractivity contribution in [1.82, 2.24) is 0 Å². The number of anilines is 1. The van der Waals surface area contributed by atoms with Gasteiger partial charge in [-0.25, -0.2) is 4.39 Å². The molecule has 0 bridgehead atoms. The van der Waals surface area contributed by atoms with Crippen LogP contribution in [0.25, 0.3) is 11.6 Å². The third-order valence-corrected chi connectivity index (χ3v) is 5.21. The molecule has 0 fully saturated rings. The molecule has 3 aromatic rings. The molecule has 0 aliphatic carbocycles. The fourth-order valence-corrected chi connectivity index (χ4v) is 3.69. The van der Waals surface area contributed by atoms with E-state index in [2.05, 4.69) is 6.92 Å². The van der Waals surface area contributed by atoms with Crippen LogP contribution in [0.2, 0.25) is 0 Å². The Morgan fingerprint density at radius 3 is 2.52 bits per heavy atom. The van der Waals surface area contributed by atoms with E-state index in [0.717, 1.165) is 28.8 Å². The van der Waals surface area contributed by atoms with Crippen LogP contribution in [0.5, 0.6) is 11.5 Å². The lowest BCUT2D eigenvalue weighted by Gasteiger charge is -2.15. The standard InChI is InChI=1S/C26H24FNO3/c1-3-14-28-23-7-5-4-6-21(23)22(26(28)29)15-19-10-13-24(25(16-19)30-2)31-17-18-8-11-20(27)12-9-18/h4-13,15-16H,3,14,17H2,1-2H3/b22-15-. The molecule has 158 valence electrons. The minimum absolute atomic E-state index is 0.0126. The van der Waals surface area contributed by atoms with Gasteiger partial charge in [0.05, 0.1) is 12.8 Å². The minimum atomic E-state index is -0.278. The molecule has 1 amide bonds. The number of hydrogen-bond acceptors (Lipinski definition) is 3. The second kappa shape index (κ2) is 9.04. The maximum Gasteiger partial charge on any atom is 0.258 e. The Bertz CT molecular complexity index is 1120. The molecule has 5 heteroatoms. The Labute approximate surface area is 181 Å². The van der Waals surface area contributed by atoms with Crippen molar-refractivity contribution < 1.29 is 18.7 Å². The Morgan fingerprint density at radius 1 is 1.00 bits per heavy atom. The molecule has 1 heterocycles. The molecule has 31 heavy (non-hydrogen) atoms. The first-order chi connectivity index (χ1) is 15.1. The number of benzene rings is 3. The van der Waals surface area contributed by atoms with Gasteiger partial charge in [0.15, 0.2) is 11.5 Å². The van der Waals surface area contributed by atoms with Gasteiger partial charge in [-0.05, 0) is 54.0 Å². The number of carbonyl (C=O) groups is 1. The quantitative estimate of drug-likeness (QED) is 0.462. The highest BCUT2D eigenvalue weighted by Crippen LogP contribution is 2.38. The molecule has 1 aliphatic rings. The monoisotopic (exact) mass is 417 g/mol. The summed E-state index contributed by atoms with van der Waals surface area (Å²) in [4.78, 5) is 14.9. The van der Waals surface area contributed by atoms with Crippen molar-refractivity contribution in [2.24, 2.45) is 0 Å². The van der Waals surface area contributed by atoms with Gasteiger partial charge in [0, 0.05) is 17.7 Å². The maximum absolute atomic E-state index is 13.1. The number of nitrogens with zero attached hydrogens (tertiary/aromatic N) is 1. The zero-order valence-electron chi connectivity index (χ0n) is 17.6. The second-order valence-corrected chi connectivity index (χ2v) is 7.36. The molecule has 0 radical (unpaired) electrons. The number of rotatable bonds is 7. The number of fused-ring (bicyclic) bond motifs is 1. The number of para-hydroxylation sites is 1. The summed E-state index contributed by atoms with van der Waals surface area (Å²) in [6.45, 7) is 3.05. The lowest BCUT2D eigenvalue weighted by molar-refractivity contribution is -0.113. The summed E-state index contributed by atoms with van der Waals surface area (Å²) >= 11 is 0. The molecular formula is C26H24FNO3. The van der Waals surface area contributed by atoms with E-state index in [4.69, 9.17) is 9.47 Å². The molecule has 0 N–H and O–H groups in total. The van der Waals surface area contributed by atoms with E-state index in [1.807, 2.05) is 53.4 Å². The maximum atomic E-state index is 13.1. The highest BCUT2D eigenvalue weighted by Gasteiger charge is 2.31. The molecule has 3 aromatic carbocycles. The van der Waals surface area contributed by atoms with Crippen molar-refractivity contribution in [3.8, 4) is 11.5 Å². The molecule has 0 atom stereocenters. The topological polar surface area (TPSA) is 38.8 Å². The summed E-state index contributed by atoms with van der Waals surface area (Å²) < 4.78 is 24.4. The first-order valence-electron chi connectivity index (χ1n) is 10.3. The van der Waals surface area contributed by atoms with Crippen molar-refractivity contribution >= 4 is 23.2 Å². The van der Waals surface area contributed by atoms with Gasteiger partial charge in [-0.1, -0.05) is 43.3 Å². The zero-order chi connectivity index (χ0) is 21.8. The molecule has 0 unspecified atom stereocenters. The van der Waals surface area contributed by atoms with E-state index < -0.39 is 0 Å². The number of ether oxygens (including phenoxy) is 2. The molecule has 0 spiro atoms. The lowest BCUT2D eigenvalue weighted by Crippen LogP contribution is -2.26. The smallest absolute Gasteiger partial charge is 0.258 e. The van der Waals surface area contributed by atoms with Gasteiger partial charge in [0.25, 0.3) is 5.91 Å². The SMILES string of the molecule is CCCN1C(=O)/C(=C\c2ccc(OCc3ccc(F)cc3)c(OC)c2)c2ccccc21. The van der Waals surface area contributed by atoms with Crippen LogP contribution in [-0.4, -0.2) is 19.6 Å². The highest BCUT2D eigenvalue weighted by atomic mass is 19.1. The van der Waals surface area contributed by atoms with Crippen LogP contribution in [-0.2, 0) is 11.4 Å². The average Bonchev–Trinajstić information content (AvgIpc) is 3.05. The number of methoxy groups -OCH3 is 1. The van der Waals surface area contributed by atoms with Gasteiger partial charge >= 0.3 is 0 Å². The van der Waals surface area contributed by atoms with Gasteiger partial charge in [-0.2, -0.15) is 0 Å².